The Morgan fingerprint density at radius 1 is 1.14 bits per heavy atom. The van der Waals surface area contributed by atoms with Gasteiger partial charge in [-0.25, -0.2) is 12.7 Å². The van der Waals surface area contributed by atoms with Crippen LogP contribution in [-0.4, -0.2) is 30.4 Å². The molecule has 4 saturated carbocycles. The van der Waals surface area contributed by atoms with Gasteiger partial charge in [0.25, 0.3) is 0 Å². The van der Waals surface area contributed by atoms with Crippen molar-refractivity contribution in [3.05, 3.63) is 0 Å². The summed E-state index contributed by atoms with van der Waals surface area (Å²) in [5.41, 5.74) is -0.116. The molecular formula is C17H25NO3S. The number of nitrogens with zero attached hydrogens (tertiary/aromatic N) is 1. The van der Waals surface area contributed by atoms with Crippen LogP contribution >= 0.6 is 0 Å². The first-order valence-electron chi connectivity index (χ1n) is 8.84. The maximum Gasteiger partial charge on any atom is 0.239 e. The molecule has 5 rings (SSSR count). The predicted octanol–water partition coefficient (Wildman–Crippen LogP) is 2.40. The van der Waals surface area contributed by atoms with Crippen molar-refractivity contribution in [1.29, 1.82) is 0 Å². The first-order valence-corrected chi connectivity index (χ1v) is 10.4. The van der Waals surface area contributed by atoms with Crippen molar-refractivity contribution in [2.24, 2.45) is 34.5 Å². The van der Waals surface area contributed by atoms with Crippen LogP contribution in [0.2, 0.25) is 0 Å². The molecule has 0 aromatic heterocycles. The highest BCUT2D eigenvalue weighted by molar-refractivity contribution is 7.90. The Morgan fingerprint density at radius 3 is 2.50 bits per heavy atom. The second kappa shape index (κ2) is 3.73. The average molecular weight is 323 g/mol. The van der Waals surface area contributed by atoms with Crippen molar-refractivity contribution >= 4 is 15.9 Å². The van der Waals surface area contributed by atoms with Crippen LogP contribution in [0.5, 0.6) is 0 Å². The molecule has 1 spiro atoms. The molecule has 22 heavy (non-hydrogen) atoms. The lowest BCUT2D eigenvalue weighted by atomic mass is 9.69. The maximum absolute atomic E-state index is 12.9. The molecule has 0 radical (unpaired) electrons. The minimum atomic E-state index is -3.41. The third-order valence-corrected chi connectivity index (χ3v) is 9.93. The van der Waals surface area contributed by atoms with Crippen molar-refractivity contribution in [1.82, 2.24) is 4.31 Å². The van der Waals surface area contributed by atoms with Crippen molar-refractivity contribution in [3.63, 3.8) is 0 Å². The van der Waals surface area contributed by atoms with E-state index in [1.54, 1.807) is 0 Å². The van der Waals surface area contributed by atoms with Gasteiger partial charge >= 0.3 is 0 Å². The number of rotatable bonds is 2. The van der Waals surface area contributed by atoms with Gasteiger partial charge in [0.05, 0.1) is 11.8 Å². The van der Waals surface area contributed by atoms with Crippen LogP contribution < -0.4 is 0 Å². The highest BCUT2D eigenvalue weighted by Gasteiger charge is 2.73. The summed E-state index contributed by atoms with van der Waals surface area (Å²) in [7, 11) is -3.41. The predicted molar refractivity (Wildman–Crippen MR) is 82.3 cm³/mol. The molecule has 4 aliphatic carbocycles. The molecule has 1 saturated heterocycles. The highest BCUT2D eigenvalue weighted by Crippen LogP contribution is 2.70. The Labute approximate surface area is 132 Å². The lowest BCUT2D eigenvalue weighted by Crippen LogP contribution is -2.44. The SMILES string of the molecule is CC1(C)[C@@H]2CC[C@@]13CS(=O)(=O)N(C(=O)[C@@H]1C[C@H]1C1CC1)[C@@H]3C2. The van der Waals surface area contributed by atoms with Gasteiger partial charge in [0.1, 0.15) is 0 Å². The van der Waals surface area contributed by atoms with E-state index in [0.717, 1.165) is 25.7 Å². The number of carbonyl (C=O) groups excluding carboxylic acids is 1. The molecule has 2 bridgehead atoms. The molecule has 0 N–H and O–H groups in total. The number of fused-ring (bicyclic) bond motifs is 1. The van der Waals surface area contributed by atoms with Gasteiger partial charge in [-0.3, -0.25) is 4.79 Å². The van der Waals surface area contributed by atoms with E-state index in [4.69, 9.17) is 0 Å². The van der Waals surface area contributed by atoms with E-state index >= 15 is 0 Å². The minimum Gasteiger partial charge on any atom is -0.273 e. The van der Waals surface area contributed by atoms with Crippen molar-refractivity contribution in [2.75, 3.05) is 5.75 Å². The average Bonchev–Trinajstić information content (AvgIpc) is 3.30. The van der Waals surface area contributed by atoms with Crippen LogP contribution in [0, 0.1) is 34.5 Å². The molecule has 5 atom stereocenters. The number of amides is 1. The van der Waals surface area contributed by atoms with Crippen molar-refractivity contribution < 1.29 is 13.2 Å². The van der Waals surface area contributed by atoms with E-state index in [9.17, 15) is 13.2 Å². The first-order chi connectivity index (χ1) is 10.3. The summed E-state index contributed by atoms with van der Waals surface area (Å²) in [6, 6.07) is -0.0424. The van der Waals surface area contributed by atoms with E-state index in [1.807, 2.05) is 0 Å². The van der Waals surface area contributed by atoms with Gasteiger partial charge in [-0.1, -0.05) is 13.8 Å². The number of carbonyl (C=O) groups is 1. The molecule has 1 heterocycles. The number of hydrogen-bond acceptors (Lipinski definition) is 3. The van der Waals surface area contributed by atoms with E-state index in [1.165, 1.54) is 17.1 Å². The van der Waals surface area contributed by atoms with E-state index in [2.05, 4.69) is 13.8 Å². The second-order valence-corrected chi connectivity index (χ2v) is 10.9. The van der Waals surface area contributed by atoms with Gasteiger partial charge in [0, 0.05) is 11.3 Å². The van der Waals surface area contributed by atoms with Gasteiger partial charge in [-0.05, 0) is 61.7 Å². The van der Waals surface area contributed by atoms with Crippen molar-refractivity contribution in [2.45, 2.75) is 58.4 Å². The van der Waals surface area contributed by atoms with Gasteiger partial charge in [-0.15, -0.1) is 0 Å². The fourth-order valence-electron chi connectivity index (χ4n) is 6.29. The molecule has 5 aliphatic rings. The summed E-state index contributed by atoms with van der Waals surface area (Å²) in [6.07, 6.45) is 6.43. The van der Waals surface area contributed by atoms with Gasteiger partial charge < -0.3 is 0 Å². The lowest BCUT2D eigenvalue weighted by molar-refractivity contribution is -0.130. The van der Waals surface area contributed by atoms with E-state index < -0.39 is 10.0 Å². The monoisotopic (exact) mass is 323 g/mol. The van der Waals surface area contributed by atoms with Crippen LogP contribution in [0.15, 0.2) is 0 Å². The van der Waals surface area contributed by atoms with Gasteiger partial charge in [-0.2, -0.15) is 0 Å². The normalized spacial score (nSPS) is 50.2. The summed E-state index contributed by atoms with van der Waals surface area (Å²) < 4.78 is 27.0. The van der Waals surface area contributed by atoms with Gasteiger partial charge in [0.15, 0.2) is 0 Å². The molecule has 4 nitrogen and oxygen atoms in total. The molecule has 5 heteroatoms. The topological polar surface area (TPSA) is 54.5 Å². The molecule has 0 aromatic rings. The second-order valence-electron chi connectivity index (χ2n) is 9.10. The maximum atomic E-state index is 12.9. The fourth-order valence-corrected chi connectivity index (χ4v) is 8.87. The molecule has 5 fully saturated rings. The Bertz CT molecular complexity index is 665. The van der Waals surface area contributed by atoms with E-state index in [-0.39, 0.29) is 34.4 Å². The van der Waals surface area contributed by atoms with Gasteiger partial charge in [0.2, 0.25) is 15.9 Å². The smallest absolute Gasteiger partial charge is 0.239 e. The standard InChI is InChI=1S/C17H25NO3S/c1-16(2)11-5-6-17(16)9-22(20,21)18(14(17)7-11)15(19)13-8-12(13)10-3-4-10/h10-14H,3-9H2,1-2H3/t11-,12+,13-,14-,17+/m1/s1. The molecule has 1 amide bonds. The molecule has 122 valence electrons. The van der Waals surface area contributed by atoms with Crippen LogP contribution in [0.25, 0.3) is 0 Å². The summed E-state index contributed by atoms with van der Waals surface area (Å²) in [6.45, 7) is 4.47. The zero-order valence-corrected chi connectivity index (χ0v) is 14.2. The summed E-state index contributed by atoms with van der Waals surface area (Å²) >= 11 is 0. The van der Waals surface area contributed by atoms with E-state index in [0.29, 0.717) is 17.8 Å². The molecule has 0 aromatic carbocycles. The van der Waals surface area contributed by atoms with Crippen molar-refractivity contribution in [3.8, 4) is 0 Å². The third kappa shape index (κ3) is 1.45. The van der Waals surface area contributed by atoms with Crippen LogP contribution in [0.1, 0.15) is 52.4 Å². The zero-order valence-electron chi connectivity index (χ0n) is 13.4. The Hall–Kier alpha value is -0.580. The number of sulfonamides is 1. The number of hydrogen-bond donors (Lipinski definition) is 0. The van der Waals surface area contributed by atoms with Crippen LogP contribution in [-0.2, 0) is 14.8 Å². The third-order valence-electron chi connectivity index (χ3n) is 8.01. The summed E-state index contributed by atoms with van der Waals surface area (Å²) in [5.74, 6) is 1.96. The Kier molecular flexibility index (Phi) is 2.35. The molecule has 1 aliphatic heterocycles. The first kappa shape index (κ1) is 13.8. The zero-order chi connectivity index (χ0) is 15.5. The summed E-state index contributed by atoms with van der Waals surface area (Å²) in [5, 5.41) is 0. The quantitative estimate of drug-likeness (QED) is 0.784. The highest BCUT2D eigenvalue weighted by atomic mass is 32.2. The Balaban J connectivity index is 1.50. The van der Waals surface area contributed by atoms with Crippen LogP contribution in [0.4, 0.5) is 0 Å². The Morgan fingerprint density at radius 2 is 1.86 bits per heavy atom. The largest absolute Gasteiger partial charge is 0.273 e. The molecule has 0 unspecified atom stereocenters. The van der Waals surface area contributed by atoms with Crippen LogP contribution in [0.3, 0.4) is 0 Å². The minimum absolute atomic E-state index is 0.0136. The lowest BCUT2D eigenvalue weighted by Gasteiger charge is -2.37. The molecular weight excluding hydrogens is 298 g/mol. The fraction of sp³-hybridized carbons (Fsp3) is 0.941. The summed E-state index contributed by atoms with van der Waals surface area (Å²) in [4.78, 5) is 12.9.